The third-order valence-electron chi connectivity index (χ3n) is 6.22. The predicted octanol–water partition coefficient (Wildman–Crippen LogP) is 3.12. The molecule has 0 aliphatic carbocycles. The zero-order valence-electron chi connectivity index (χ0n) is 20.7. The number of aliphatic hydroxyl groups excluding tert-OH is 1. The maximum absolute atomic E-state index is 13.5. The molecule has 3 rings (SSSR count). The first-order chi connectivity index (χ1) is 16.4. The quantitative estimate of drug-likeness (QED) is 0.599. The molecular formula is C25H34N2O6S2. The molecule has 3 atom stereocenters. The number of nitrogens with zero attached hydrogens (tertiary/aromatic N) is 2. The van der Waals surface area contributed by atoms with Gasteiger partial charge in [-0.3, -0.25) is 0 Å². The van der Waals surface area contributed by atoms with Crippen molar-refractivity contribution in [1.82, 2.24) is 8.61 Å². The highest BCUT2D eigenvalue weighted by Gasteiger charge is 2.39. The Morgan fingerprint density at radius 3 is 2.49 bits per heavy atom. The molecule has 0 fully saturated rings. The summed E-state index contributed by atoms with van der Waals surface area (Å²) in [6.07, 6.45) is 3.03. The number of rotatable bonds is 7. The smallest absolute Gasteiger partial charge is 0.247 e. The number of sulfonamides is 2. The van der Waals surface area contributed by atoms with Gasteiger partial charge in [-0.25, -0.2) is 16.8 Å². The van der Waals surface area contributed by atoms with Gasteiger partial charge >= 0.3 is 0 Å². The van der Waals surface area contributed by atoms with Crippen LogP contribution in [0.25, 0.3) is 6.08 Å². The minimum absolute atomic E-state index is 0.00741. The summed E-state index contributed by atoms with van der Waals surface area (Å²) < 4.78 is 62.2. The lowest BCUT2D eigenvalue weighted by molar-refractivity contribution is 0.0904. The van der Waals surface area contributed by atoms with Gasteiger partial charge in [0.15, 0.2) is 0 Å². The Hall–Kier alpha value is -2.24. The molecule has 0 unspecified atom stereocenters. The summed E-state index contributed by atoms with van der Waals surface area (Å²) in [4.78, 5) is 0.171. The summed E-state index contributed by atoms with van der Waals surface area (Å²) in [5.41, 5.74) is 1.72. The van der Waals surface area contributed by atoms with E-state index in [0.29, 0.717) is 0 Å². The Bertz CT molecular complexity index is 1270. The predicted molar refractivity (Wildman–Crippen MR) is 136 cm³/mol. The third kappa shape index (κ3) is 5.78. The van der Waals surface area contributed by atoms with Crippen LogP contribution in [0.15, 0.2) is 58.3 Å². The van der Waals surface area contributed by atoms with Crippen LogP contribution in [0, 0.1) is 12.8 Å². The van der Waals surface area contributed by atoms with Gasteiger partial charge in [0.1, 0.15) is 16.7 Å². The lowest BCUT2D eigenvalue weighted by Crippen LogP contribution is -2.50. The highest BCUT2D eigenvalue weighted by atomic mass is 32.2. The van der Waals surface area contributed by atoms with E-state index in [1.165, 1.54) is 21.7 Å². The van der Waals surface area contributed by atoms with Crippen molar-refractivity contribution < 1.29 is 26.7 Å². The summed E-state index contributed by atoms with van der Waals surface area (Å²) in [5.74, 6) is -0.207. The number of aliphatic hydroxyl groups is 1. The molecule has 0 spiro atoms. The Labute approximate surface area is 208 Å². The molecule has 1 N–H and O–H groups in total. The normalized spacial score (nSPS) is 21.8. The Kier molecular flexibility index (Phi) is 8.44. The van der Waals surface area contributed by atoms with Crippen molar-refractivity contribution >= 4 is 26.1 Å². The fourth-order valence-electron chi connectivity index (χ4n) is 4.00. The Morgan fingerprint density at radius 1 is 1.23 bits per heavy atom. The summed E-state index contributed by atoms with van der Waals surface area (Å²) >= 11 is 0. The standard InChI is InChI=1S/C25H34N2O6S2/c1-6-7-21-10-13-25-23(14-21)33-24(19(3)15-27(20(4)17-28)35(25,31)32)16-26(5)34(29,30)22-11-8-18(2)9-12-22/h6-14,19-20,24,28H,15-17H2,1-5H3/b7-6+/t19-,20-,24-/m1/s1. The van der Waals surface area contributed by atoms with Crippen LogP contribution in [0.5, 0.6) is 5.75 Å². The molecule has 0 saturated carbocycles. The number of likely N-dealkylation sites (N-methyl/N-ethyl adjacent to an activating group) is 1. The number of fused-ring (bicyclic) bond motifs is 1. The first-order valence-electron chi connectivity index (χ1n) is 11.5. The molecule has 2 aromatic carbocycles. The number of benzene rings is 2. The minimum atomic E-state index is -3.95. The molecule has 1 heterocycles. The van der Waals surface area contributed by atoms with Crippen LogP contribution in [0.2, 0.25) is 0 Å². The van der Waals surface area contributed by atoms with Crippen molar-refractivity contribution in [3.8, 4) is 5.75 Å². The van der Waals surface area contributed by atoms with Crippen molar-refractivity contribution in [2.45, 2.75) is 49.6 Å². The van der Waals surface area contributed by atoms with Crippen LogP contribution in [-0.2, 0) is 20.0 Å². The Morgan fingerprint density at radius 2 is 1.89 bits per heavy atom. The second-order valence-electron chi connectivity index (χ2n) is 9.04. The number of ether oxygens (including phenoxy) is 1. The molecule has 0 amide bonds. The van der Waals surface area contributed by atoms with E-state index in [2.05, 4.69) is 0 Å². The van der Waals surface area contributed by atoms with Gasteiger partial charge in [0.2, 0.25) is 20.0 Å². The van der Waals surface area contributed by atoms with Crippen molar-refractivity contribution in [1.29, 1.82) is 0 Å². The highest BCUT2D eigenvalue weighted by Crippen LogP contribution is 2.35. The maximum atomic E-state index is 13.5. The topological polar surface area (TPSA) is 104 Å². The highest BCUT2D eigenvalue weighted by molar-refractivity contribution is 7.89. The van der Waals surface area contributed by atoms with Crippen molar-refractivity contribution in [2.24, 2.45) is 5.92 Å². The fourth-order valence-corrected chi connectivity index (χ4v) is 7.01. The summed E-state index contributed by atoms with van der Waals surface area (Å²) in [6, 6.07) is 10.8. The fraction of sp³-hybridized carbons (Fsp3) is 0.440. The van der Waals surface area contributed by atoms with Crippen molar-refractivity contribution in [3.05, 3.63) is 59.7 Å². The molecule has 2 aromatic rings. The molecule has 0 saturated heterocycles. The number of allylic oxidation sites excluding steroid dienone is 1. The molecule has 1 aliphatic rings. The minimum Gasteiger partial charge on any atom is -0.487 e. The molecule has 192 valence electrons. The zero-order valence-corrected chi connectivity index (χ0v) is 22.4. The number of aryl methyl sites for hydroxylation is 1. The van der Waals surface area contributed by atoms with E-state index in [1.54, 1.807) is 43.3 Å². The van der Waals surface area contributed by atoms with Gasteiger partial charge in [-0.05, 0) is 50.6 Å². The molecule has 35 heavy (non-hydrogen) atoms. The van der Waals surface area contributed by atoms with Gasteiger partial charge in [-0.1, -0.05) is 42.8 Å². The summed E-state index contributed by atoms with van der Waals surface area (Å²) in [7, 11) is -6.24. The van der Waals surface area contributed by atoms with E-state index in [-0.39, 0.29) is 41.2 Å². The molecule has 10 heteroatoms. The van der Waals surface area contributed by atoms with Crippen molar-refractivity contribution in [2.75, 3.05) is 26.7 Å². The average Bonchev–Trinajstić information content (AvgIpc) is 2.81. The molecule has 0 radical (unpaired) electrons. The summed E-state index contributed by atoms with van der Waals surface area (Å²) in [6.45, 7) is 6.96. The second kappa shape index (κ2) is 10.8. The van der Waals surface area contributed by atoms with Crippen LogP contribution in [0.1, 0.15) is 31.9 Å². The van der Waals surface area contributed by atoms with Gasteiger partial charge in [-0.15, -0.1) is 0 Å². The number of hydrogen-bond acceptors (Lipinski definition) is 6. The second-order valence-corrected chi connectivity index (χ2v) is 12.9. The molecular weight excluding hydrogens is 488 g/mol. The van der Waals surface area contributed by atoms with Crippen molar-refractivity contribution in [3.63, 3.8) is 0 Å². The number of hydrogen-bond donors (Lipinski definition) is 1. The van der Waals surface area contributed by atoms with E-state index in [9.17, 15) is 21.9 Å². The average molecular weight is 523 g/mol. The maximum Gasteiger partial charge on any atom is 0.247 e. The largest absolute Gasteiger partial charge is 0.487 e. The van der Waals surface area contributed by atoms with E-state index < -0.39 is 32.2 Å². The first-order valence-corrected chi connectivity index (χ1v) is 14.4. The van der Waals surface area contributed by atoms with Crippen LogP contribution in [-0.4, -0.2) is 69.4 Å². The van der Waals surface area contributed by atoms with Crippen LogP contribution >= 0.6 is 0 Å². The van der Waals surface area contributed by atoms with Gasteiger partial charge < -0.3 is 9.84 Å². The van der Waals surface area contributed by atoms with E-state index in [0.717, 1.165) is 11.1 Å². The van der Waals surface area contributed by atoms with Crippen LogP contribution in [0.4, 0.5) is 0 Å². The van der Waals surface area contributed by atoms with Crippen LogP contribution in [0.3, 0.4) is 0 Å². The summed E-state index contributed by atoms with van der Waals surface area (Å²) in [5, 5.41) is 9.76. The van der Waals surface area contributed by atoms with E-state index >= 15 is 0 Å². The van der Waals surface area contributed by atoms with Gasteiger partial charge in [0, 0.05) is 25.6 Å². The first kappa shape index (κ1) is 27.3. The van der Waals surface area contributed by atoms with Gasteiger partial charge in [-0.2, -0.15) is 8.61 Å². The van der Waals surface area contributed by atoms with E-state index in [1.807, 2.05) is 32.9 Å². The SMILES string of the molecule is C/C=C/c1ccc2c(c1)O[C@H](CN(C)S(=O)(=O)c1ccc(C)cc1)[C@H](C)CN([C@H](C)CO)S2(=O)=O. The molecule has 1 aliphatic heterocycles. The lowest BCUT2D eigenvalue weighted by atomic mass is 10.0. The lowest BCUT2D eigenvalue weighted by Gasteiger charge is -2.37. The zero-order chi connectivity index (χ0) is 26.0. The van der Waals surface area contributed by atoms with Crippen LogP contribution < -0.4 is 4.74 Å². The van der Waals surface area contributed by atoms with Gasteiger partial charge in [0.25, 0.3) is 0 Å². The molecule has 8 nitrogen and oxygen atoms in total. The van der Waals surface area contributed by atoms with E-state index in [4.69, 9.17) is 4.74 Å². The monoisotopic (exact) mass is 522 g/mol. The third-order valence-corrected chi connectivity index (χ3v) is 10.1. The van der Waals surface area contributed by atoms with Gasteiger partial charge in [0.05, 0.1) is 18.0 Å². The molecule has 0 bridgehead atoms. The Balaban J connectivity index is 2.04. The molecule has 0 aromatic heterocycles.